The van der Waals surface area contributed by atoms with E-state index >= 15 is 0 Å². The first kappa shape index (κ1) is 35.2. The molecule has 12 aromatic rings. The van der Waals surface area contributed by atoms with E-state index < -0.39 is 0 Å². The Kier molecular flexibility index (Phi) is 8.39. The minimum absolute atomic E-state index is 0.857. The van der Waals surface area contributed by atoms with Gasteiger partial charge in [0.15, 0.2) is 5.58 Å². The molecule has 0 aliphatic heterocycles. The van der Waals surface area contributed by atoms with Gasteiger partial charge in [0.25, 0.3) is 0 Å². The van der Waals surface area contributed by atoms with Crippen LogP contribution < -0.4 is 4.90 Å². The van der Waals surface area contributed by atoms with Gasteiger partial charge in [0.05, 0.1) is 5.69 Å². The minimum Gasteiger partial charge on any atom is -0.454 e. The SMILES string of the molecule is c1ccc(-c2ccc3c(oc4ccccc43)c2N(c2ccc(-c3ccc(-c4ccc5ccccc5c4)cc3)cc2)c2ccc(-c3cccc4c3sc3ccccc34)cc2)cc1. The summed E-state index contributed by atoms with van der Waals surface area (Å²) in [5, 5.41) is 7.31. The first-order chi connectivity index (χ1) is 30.2. The summed E-state index contributed by atoms with van der Waals surface area (Å²) in [7, 11) is 0. The van der Waals surface area contributed by atoms with Crippen LogP contribution in [-0.2, 0) is 0 Å². The van der Waals surface area contributed by atoms with Crippen LogP contribution in [0.5, 0.6) is 0 Å². The van der Waals surface area contributed by atoms with Crippen molar-refractivity contribution >= 4 is 81.3 Å². The van der Waals surface area contributed by atoms with Crippen molar-refractivity contribution in [3.05, 3.63) is 224 Å². The van der Waals surface area contributed by atoms with Gasteiger partial charge < -0.3 is 9.32 Å². The zero-order chi connectivity index (χ0) is 40.3. The topological polar surface area (TPSA) is 16.4 Å². The summed E-state index contributed by atoms with van der Waals surface area (Å²) in [4.78, 5) is 2.38. The van der Waals surface area contributed by atoms with Gasteiger partial charge in [-0.1, -0.05) is 176 Å². The van der Waals surface area contributed by atoms with E-state index in [2.05, 4.69) is 223 Å². The molecule has 0 saturated carbocycles. The smallest absolute Gasteiger partial charge is 0.160 e. The second kappa shape index (κ2) is 14.5. The largest absolute Gasteiger partial charge is 0.454 e. The van der Waals surface area contributed by atoms with E-state index in [4.69, 9.17) is 4.42 Å². The zero-order valence-corrected chi connectivity index (χ0v) is 33.9. The second-order valence-electron chi connectivity index (χ2n) is 15.7. The summed E-state index contributed by atoms with van der Waals surface area (Å²) < 4.78 is 9.49. The van der Waals surface area contributed by atoms with Crippen LogP contribution in [0.25, 0.3) is 97.4 Å². The maximum atomic E-state index is 6.86. The lowest BCUT2D eigenvalue weighted by atomic mass is 9.97. The number of thiophene rings is 1. The first-order valence-electron chi connectivity index (χ1n) is 20.7. The number of furan rings is 1. The van der Waals surface area contributed by atoms with Crippen molar-refractivity contribution in [2.24, 2.45) is 0 Å². The number of hydrogen-bond donors (Lipinski definition) is 0. The molecule has 0 aliphatic carbocycles. The van der Waals surface area contributed by atoms with Crippen LogP contribution in [-0.4, -0.2) is 0 Å². The Morgan fingerprint density at radius 2 is 0.918 bits per heavy atom. The standard InChI is InChI=1S/C58H37NOS/c1-2-12-42(13-3-1)48-35-36-52-50-15-6-8-19-54(50)60-57(52)56(48)59(47-33-29-43(30-34-47)49-17-10-18-53-51-16-7-9-20-55(51)61-58(49)53)46-31-27-40(28-32-46)39-21-23-41(24-22-39)45-26-25-38-11-4-5-14-44(38)37-45/h1-37H. The van der Waals surface area contributed by atoms with Crippen LogP contribution in [0.4, 0.5) is 17.1 Å². The maximum absolute atomic E-state index is 6.86. The molecule has 0 unspecified atom stereocenters. The fraction of sp³-hybridized carbons (Fsp3) is 0. The van der Waals surface area contributed by atoms with Crippen LogP contribution in [0.3, 0.4) is 0 Å². The molecule has 0 N–H and O–H groups in total. The van der Waals surface area contributed by atoms with Crippen LogP contribution in [0, 0.1) is 0 Å². The van der Waals surface area contributed by atoms with E-state index in [0.29, 0.717) is 0 Å². The summed E-state index contributed by atoms with van der Waals surface area (Å²) >= 11 is 1.87. The average Bonchev–Trinajstić information content (AvgIpc) is 3.91. The molecule has 0 spiro atoms. The normalized spacial score (nSPS) is 11.6. The lowest BCUT2D eigenvalue weighted by Gasteiger charge is -2.28. The Balaban J connectivity index is 0.995. The lowest BCUT2D eigenvalue weighted by molar-refractivity contribution is 0.669. The molecule has 286 valence electrons. The predicted octanol–water partition coefficient (Wildman–Crippen LogP) is 17.2. The molecule has 0 fully saturated rings. The third-order valence-electron chi connectivity index (χ3n) is 12.1. The van der Waals surface area contributed by atoms with E-state index in [9.17, 15) is 0 Å². The van der Waals surface area contributed by atoms with Gasteiger partial charge in [0.1, 0.15) is 5.58 Å². The number of hydrogen-bond acceptors (Lipinski definition) is 3. The van der Waals surface area contributed by atoms with Crippen molar-refractivity contribution in [2.45, 2.75) is 0 Å². The average molecular weight is 796 g/mol. The molecular formula is C58H37NOS. The van der Waals surface area contributed by atoms with Crippen molar-refractivity contribution in [1.29, 1.82) is 0 Å². The Morgan fingerprint density at radius 1 is 0.344 bits per heavy atom. The summed E-state index contributed by atoms with van der Waals surface area (Å²) in [5.74, 6) is 0. The van der Waals surface area contributed by atoms with Crippen molar-refractivity contribution < 1.29 is 4.42 Å². The van der Waals surface area contributed by atoms with Gasteiger partial charge in [-0.2, -0.15) is 0 Å². The number of nitrogens with zero attached hydrogens (tertiary/aromatic N) is 1. The second-order valence-corrected chi connectivity index (χ2v) is 16.7. The van der Waals surface area contributed by atoms with Crippen LogP contribution in [0.2, 0.25) is 0 Å². The van der Waals surface area contributed by atoms with E-state index in [0.717, 1.165) is 55.7 Å². The van der Waals surface area contributed by atoms with Crippen molar-refractivity contribution in [2.75, 3.05) is 4.90 Å². The number of anilines is 3. The van der Waals surface area contributed by atoms with Gasteiger partial charge in [0.2, 0.25) is 0 Å². The van der Waals surface area contributed by atoms with Gasteiger partial charge in [0, 0.05) is 47.9 Å². The molecule has 0 saturated heterocycles. The van der Waals surface area contributed by atoms with E-state index in [1.54, 1.807) is 0 Å². The summed E-state index contributed by atoms with van der Waals surface area (Å²) in [6, 6.07) is 81.1. The number of benzene rings is 10. The highest BCUT2D eigenvalue weighted by Gasteiger charge is 2.24. The Labute approximate surface area is 357 Å². The predicted molar refractivity (Wildman–Crippen MR) is 261 cm³/mol. The Hall–Kier alpha value is -7.72. The molecule has 0 bridgehead atoms. The van der Waals surface area contributed by atoms with E-state index in [1.807, 2.05) is 17.4 Å². The number of fused-ring (bicyclic) bond motifs is 7. The van der Waals surface area contributed by atoms with E-state index in [1.165, 1.54) is 58.8 Å². The molecule has 0 radical (unpaired) electrons. The van der Waals surface area contributed by atoms with Crippen LogP contribution in [0.15, 0.2) is 229 Å². The lowest BCUT2D eigenvalue weighted by Crippen LogP contribution is -2.11. The molecule has 10 aromatic carbocycles. The molecular weight excluding hydrogens is 759 g/mol. The monoisotopic (exact) mass is 795 g/mol. The number of para-hydroxylation sites is 1. The van der Waals surface area contributed by atoms with Gasteiger partial charge >= 0.3 is 0 Å². The minimum atomic E-state index is 0.857. The molecule has 0 atom stereocenters. The van der Waals surface area contributed by atoms with Crippen LogP contribution >= 0.6 is 11.3 Å². The fourth-order valence-electron chi connectivity index (χ4n) is 9.05. The molecule has 3 heteroatoms. The third-order valence-corrected chi connectivity index (χ3v) is 13.3. The van der Waals surface area contributed by atoms with Crippen molar-refractivity contribution in [3.8, 4) is 44.5 Å². The zero-order valence-electron chi connectivity index (χ0n) is 33.1. The third kappa shape index (κ3) is 6.09. The molecule has 0 aliphatic rings. The molecule has 12 rings (SSSR count). The summed E-state index contributed by atoms with van der Waals surface area (Å²) in [6.45, 7) is 0. The Morgan fingerprint density at radius 3 is 1.69 bits per heavy atom. The quantitative estimate of drug-likeness (QED) is 0.160. The molecule has 61 heavy (non-hydrogen) atoms. The van der Waals surface area contributed by atoms with Gasteiger partial charge in [-0.3, -0.25) is 0 Å². The summed E-state index contributed by atoms with van der Waals surface area (Å²) in [5.41, 5.74) is 14.2. The van der Waals surface area contributed by atoms with Gasteiger partial charge in [-0.05, 0) is 98.2 Å². The first-order valence-corrected chi connectivity index (χ1v) is 21.6. The van der Waals surface area contributed by atoms with Crippen LogP contribution in [0.1, 0.15) is 0 Å². The Bertz CT molecular complexity index is 3560. The van der Waals surface area contributed by atoms with E-state index in [-0.39, 0.29) is 0 Å². The number of rotatable bonds is 7. The summed E-state index contributed by atoms with van der Waals surface area (Å²) in [6.07, 6.45) is 0. The fourth-order valence-corrected chi connectivity index (χ4v) is 10.3. The molecule has 0 amide bonds. The molecule has 2 nitrogen and oxygen atoms in total. The van der Waals surface area contributed by atoms with Crippen molar-refractivity contribution in [3.63, 3.8) is 0 Å². The highest BCUT2D eigenvalue weighted by molar-refractivity contribution is 7.26. The molecule has 2 aromatic heterocycles. The highest BCUT2D eigenvalue weighted by atomic mass is 32.1. The maximum Gasteiger partial charge on any atom is 0.160 e. The highest BCUT2D eigenvalue weighted by Crippen LogP contribution is 2.48. The molecule has 2 heterocycles. The van der Waals surface area contributed by atoms with Gasteiger partial charge in [-0.25, -0.2) is 0 Å². The van der Waals surface area contributed by atoms with Crippen molar-refractivity contribution in [1.82, 2.24) is 0 Å². The van der Waals surface area contributed by atoms with Gasteiger partial charge in [-0.15, -0.1) is 11.3 Å².